The Balaban J connectivity index is 2.34. The Labute approximate surface area is 97.9 Å². The fourth-order valence-corrected chi connectivity index (χ4v) is 1.63. The highest BCUT2D eigenvalue weighted by Crippen LogP contribution is 2.29. The molecule has 0 bridgehead atoms. The summed E-state index contributed by atoms with van der Waals surface area (Å²) in [5, 5.41) is 10.5. The molecule has 2 rings (SSSR count). The minimum atomic E-state index is -0.780. The number of ether oxygens (including phenoxy) is 1. The predicted molar refractivity (Wildman–Crippen MR) is 60.7 cm³/mol. The van der Waals surface area contributed by atoms with Crippen LogP contribution in [0.25, 0.3) is 0 Å². The van der Waals surface area contributed by atoms with Gasteiger partial charge in [-0.3, -0.25) is 0 Å². The zero-order valence-electron chi connectivity index (χ0n) is 8.64. The van der Waals surface area contributed by atoms with E-state index in [9.17, 15) is 5.11 Å². The lowest BCUT2D eigenvalue weighted by molar-refractivity contribution is 0.215. The van der Waals surface area contributed by atoms with Crippen LogP contribution in [0.5, 0.6) is 5.75 Å². The normalized spacial score (nSPS) is 12.4. The summed E-state index contributed by atoms with van der Waals surface area (Å²) >= 11 is 5.90. The van der Waals surface area contributed by atoms with Gasteiger partial charge in [-0.25, -0.2) is 4.98 Å². The van der Waals surface area contributed by atoms with E-state index in [0.29, 0.717) is 22.0 Å². The molecule has 1 heterocycles. The van der Waals surface area contributed by atoms with E-state index in [1.54, 1.807) is 24.4 Å². The Morgan fingerprint density at radius 1 is 1.50 bits per heavy atom. The minimum Gasteiger partial charge on any atom is -0.495 e. The van der Waals surface area contributed by atoms with E-state index >= 15 is 0 Å². The molecule has 84 valence electrons. The van der Waals surface area contributed by atoms with Crippen molar-refractivity contribution in [1.82, 2.24) is 9.97 Å². The van der Waals surface area contributed by atoms with E-state index in [-0.39, 0.29) is 0 Å². The van der Waals surface area contributed by atoms with Crippen LogP contribution in [0.15, 0.2) is 30.7 Å². The van der Waals surface area contributed by atoms with Crippen molar-refractivity contribution in [2.75, 3.05) is 7.11 Å². The molecular weight excluding hydrogens is 228 g/mol. The molecule has 5 heteroatoms. The lowest BCUT2D eigenvalue weighted by Crippen LogP contribution is -2.00. The molecule has 0 amide bonds. The van der Waals surface area contributed by atoms with Crippen molar-refractivity contribution in [2.24, 2.45) is 0 Å². The summed E-state index contributed by atoms with van der Waals surface area (Å²) in [6.45, 7) is 0. The van der Waals surface area contributed by atoms with E-state index in [0.717, 1.165) is 0 Å². The number of halogens is 1. The number of nitrogens with zero attached hydrogens (tertiary/aromatic N) is 1. The van der Waals surface area contributed by atoms with E-state index < -0.39 is 6.10 Å². The number of aromatic amines is 1. The van der Waals surface area contributed by atoms with Gasteiger partial charge in [0.05, 0.1) is 24.2 Å². The summed E-state index contributed by atoms with van der Waals surface area (Å²) in [6.07, 6.45) is 2.38. The maximum absolute atomic E-state index is 10.0. The molecule has 2 aromatic rings. The highest BCUT2D eigenvalue weighted by atomic mass is 35.5. The molecule has 0 spiro atoms. The number of hydrogen-bond acceptors (Lipinski definition) is 3. The van der Waals surface area contributed by atoms with E-state index in [1.165, 1.54) is 13.4 Å². The number of H-pyrrole nitrogens is 1. The van der Waals surface area contributed by atoms with E-state index in [2.05, 4.69) is 9.97 Å². The largest absolute Gasteiger partial charge is 0.495 e. The summed E-state index contributed by atoms with van der Waals surface area (Å²) in [5.41, 5.74) is 1.25. The van der Waals surface area contributed by atoms with Crippen LogP contribution in [-0.4, -0.2) is 22.2 Å². The van der Waals surface area contributed by atoms with Crippen LogP contribution in [-0.2, 0) is 0 Å². The highest BCUT2D eigenvalue weighted by molar-refractivity contribution is 6.32. The Bertz CT molecular complexity index is 471. The van der Waals surface area contributed by atoms with Gasteiger partial charge >= 0.3 is 0 Å². The Hall–Kier alpha value is -1.52. The molecule has 2 N–H and O–H groups in total. The smallest absolute Gasteiger partial charge is 0.137 e. The lowest BCUT2D eigenvalue weighted by atomic mass is 10.1. The SMILES string of the molecule is COc1cc(C(O)c2c[nH]cn2)ccc1Cl. The van der Waals surface area contributed by atoms with Crippen LogP contribution in [0.4, 0.5) is 0 Å². The van der Waals surface area contributed by atoms with Crippen molar-refractivity contribution in [3.8, 4) is 5.75 Å². The Morgan fingerprint density at radius 3 is 2.94 bits per heavy atom. The van der Waals surface area contributed by atoms with Gasteiger partial charge in [0.15, 0.2) is 0 Å². The first-order chi connectivity index (χ1) is 7.72. The number of rotatable bonds is 3. The van der Waals surface area contributed by atoms with E-state index in [4.69, 9.17) is 16.3 Å². The topological polar surface area (TPSA) is 58.1 Å². The third-order valence-corrected chi connectivity index (χ3v) is 2.60. The third kappa shape index (κ3) is 2.03. The average Bonchev–Trinajstić information content (AvgIpc) is 2.82. The number of aliphatic hydroxyl groups excluding tert-OH is 1. The predicted octanol–water partition coefficient (Wildman–Crippen LogP) is 2.15. The summed E-state index contributed by atoms with van der Waals surface area (Å²) in [6, 6.07) is 5.12. The quantitative estimate of drug-likeness (QED) is 0.862. The standard InChI is InChI=1S/C11H11ClN2O2/c1-16-10-4-7(2-3-8(10)12)11(15)9-5-13-6-14-9/h2-6,11,15H,1H3,(H,13,14). The molecule has 0 aliphatic rings. The molecule has 1 unspecified atom stereocenters. The number of methoxy groups -OCH3 is 1. The molecule has 16 heavy (non-hydrogen) atoms. The number of aromatic nitrogens is 2. The van der Waals surface area contributed by atoms with Gasteiger partial charge in [-0.1, -0.05) is 17.7 Å². The summed E-state index contributed by atoms with van der Waals surface area (Å²) in [4.78, 5) is 6.78. The molecule has 0 aliphatic carbocycles. The number of hydrogen-bond donors (Lipinski definition) is 2. The highest BCUT2D eigenvalue weighted by Gasteiger charge is 2.14. The fourth-order valence-electron chi connectivity index (χ4n) is 1.44. The maximum Gasteiger partial charge on any atom is 0.137 e. The van der Waals surface area contributed by atoms with Crippen LogP contribution in [0, 0.1) is 0 Å². The van der Waals surface area contributed by atoms with Crippen LogP contribution < -0.4 is 4.74 Å². The molecule has 0 saturated carbocycles. The number of imidazole rings is 1. The zero-order valence-corrected chi connectivity index (χ0v) is 9.40. The lowest BCUT2D eigenvalue weighted by Gasteiger charge is -2.10. The molecule has 0 aliphatic heterocycles. The third-order valence-electron chi connectivity index (χ3n) is 2.29. The molecule has 0 fully saturated rings. The summed E-state index contributed by atoms with van der Waals surface area (Å²) in [5.74, 6) is 0.536. The first-order valence-electron chi connectivity index (χ1n) is 4.72. The molecule has 1 atom stereocenters. The van der Waals surface area contributed by atoms with Crippen molar-refractivity contribution < 1.29 is 9.84 Å². The van der Waals surface area contributed by atoms with Crippen LogP contribution >= 0.6 is 11.6 Å². The molecule has 0 radical (unpaired) electrons. The van der Waals surface area contributed by atoms with Gasteiger partial charge in [-0.05, 0) is 17.7 Å². The second kappa shape index (κ2) is 4.55. The number of benzene rings is 1. The van der Waals surface area contributed by atoms with Crippen LogP contribution in [0.3, 0.4) is 0 Å². The molecule has 4 nitrogen and oxygen atoms in total. The fraction of sp³-hybridized carbons (Fsp3) is 0.182. The minimum absolute atomic E-state index is 0.514. The van der Waals surface area contributed by atoms with Crippen molar-refractivity contribution in [2.45, 2.75) is 6.10 Å². The first kappa shape index (κ1) is 11.0. The van der Waals surface area contributed by atoms with Gasteiger partial charge in [0.2, 0.25) is 0 Å². The van der Waals surface area contributed by atoms with Gasteiger partial charge in [-0.2, -0.15) is 0 Å². The molecule has 1 aromatic carbocycles. The average molecular weight is 239 g/mol. The number of nitrogens with one attached hydrogen (secondary N) is 1. The second-order valence-corrected chi connectivity index (χ2v) is 3.70. The molecular formula is C11H11ClN2O2. The number of aliphatic hydroxyl groups is 1. The van der Waals surface area contributed by atoms with Gasteiger partial charge in [0, 0.05) is 6.20 Å². The summed E-state index contributed by atoms with van der Waals surface area (Å²) < 4.78 is 5.08. The second-order valence-electron chi connectivity index (χ2n) is 3.29. The van der Waals surface area contributed by atoms with Gasteiger partial charge in [-0.15, -0.1) is 0 Å². The van der Waals surface area contributed by atoms with Crippen LogP contribution in [0.2, 0.25) is 5.02 Å². The van der Waals surface area contributed by atoms with Crippen molar-refractivity contribution in [3.63, 3.8) is 0 Å². The van der Waals surface area contributed by atoms with Crippen molar-refractivity contribution in [3.05, 3.63) is 47.0 Å². The Morgan fingerprint density at radius 2 is 2.31 bits per heavy atom. The first-order valence-corrected chi connectivity index (χ1v) is 5.10. The van der Waals surface area contributed by atoms with Gasteiger partial charge in [0.25, 0.3) is 0 Å². The maximum atomic E-state index is 10.0. The molecule has 1 aromatic heterocycles. The van der Waals surface area contributed by atoms with Crippen molar-refractivity contribution >= 4 is 11.6 Å². The summed E-state index contributed by atoms with van der Waals surface area (Å²) in [7, 11) is 1.53. The monoisotopic (exact) mass is 238 g/mol. The zero-order chi connectivity index (χ0) is 11.5. The van der Waals surface area contributed by atoms with E-state index in [1.807, 2.05) is 0 Å². The molecule has 0 saturated heterocycles. The Kier molecular flexibility index (Phi) is 3.12. The van der Waals surface area contributed by atoms with Crippen molar-refractivity contribution in [1.29, 1.82) is 0 Å². The van der Waals surface area contributed by atoms with Gasteiger partial charge in [0.1, 0.15) is 11.9 Å². The van der Waals surface area contributed by atoms with Crippen LogP contribution in [0.1, 0.15) is 17.4 Å². The van der Waals surface area contributed by atoms with Gasteiger partial charge < -0.3 is 14.8 Å².